The number of rotatable bonds is 1. The molecule has 0 radical (unpaired) electrons. The second-order valence-electron chi connectivity index (χ2n) is 3.19. The molecule has 0 aromatic rings. The Bertz CT molecular complexity index is 103. The molecule has 1 aliphatic heterocycles. The number of ether oxygens (including phenoxy) is 2. The van der Waals surface area contributed by atoms with Crippen molar-refractivity contribution >= 4 is 0 Å². The average Bonchev–Trinajstić information content (AvgIpc) is 1.95. The molecule has 0 aliphatic carbocycles. The van der Waals surface area contributed by atoms with Crippen LogP contribution >= 0.6 is 0 Å². The Kier molecular flexibility index (Phi) is 2.69. The standard InChI is InChI=1S/C8H16O2/c1-6-4-8(9-3)10-5-7(6)2/h6-8H,4-5H2,1-3H3/t6-,7-,8-/m1/s1. The van der Waals surface area contributed by atoms with Crippen molar-refractivity contribution in [1.29, 1.82) is 0 Å². The number of hydrogen-bond donors (Lipinski definition) is 0. The highest BCUT2D eigenvalue weighted by Crippen LogP contribution is 2.24. The van der Waals surface area contributed by atoms with Crippen LogP contribution in [0.3, 0.4) is 0 Å². The van der Waals surface area contributed by atoms with Crippen LogP contribution in [0.15, 0.2) is 0 Å². The molecule has 1 rings (SSSR count). The van der Waals surface area contributed by atoms with E-state index in [-0.39, 0.29) is 6.29 Å². The van der Waals surface area contributed by atoms with E-state index in [1.807, 2.05) is 0 Å². The van der Waals surface area contributed by atoms with E-state index in [0.717, 1.165) is 18.9 Å². The predicted molar refractivity (Wildman–Crippen MR) is 39.7 cm³/mol. The molecular weight excluding hydrogens is 128 g/mol. The van der Waals surface area contributed by atoms with Crippen LogP contribution in [0.2, 0.25) is 0 Å². The van der Waals surface area contributed by atoms with Gasteiger partial charge >= 0.3 is 0 Å². The molecular formula is C8H16O2. The van der Waals surface area contributed by atoms with Gasteiger partial charge in [0.05, 0.1) is 6.61 Å². The van der Waals surface area contributed by atoms with Gasteiger partial charge in [0.2, 0.25) is 0 Å². The predicted octanol–water partition coefficient (Wildman–Crippen LogP) is 1.65. The van der Waals surface area contributed by atoms with Crippen molar-refractivity contribution in [3.8, 4) is 0 Å². The second kappa shape index (κ2) is 3.35. The third kappa shape index (κ3) is 1.70. The summed E-state index contributed by atoms with van der Waals surface area (Å²) in [6, 6.07) is 0. The van der Waals surface area contributed by atoms with E-state index in [1.165, 1.54) is 0 Å². The van der Waals surface area contributed by atoms with Gasteiger partial charge in [-0.05, 0) is 11.8 Å². The number of methoxy groups -OCH3 is 1. The van der Waals surface area contributed by atoms with Gasteiger partial charge in [-0.2, -0.15) is 0 Å². The van der Waals surface area contributed by atoms with E-state index < -0.39 is 0 Å². The zero-order chi connectivity index (χ0) is 7.56. The molecule has 60 valence electrons. The fraction of sp³-hybridized carbons (Fsp3) is 1.00. The molecule has 0 spiro atoms. The van der Waals surface area contributed by atoms with E-state index in [1.54, 1.807) is 7.11 Å². The van der Waals surface area contributed by atoms with Crippen molar-refractivity contribution in [2.24, 2.45) is 11.8 Å². The van der Waals surface area contributed by atoms with Crippen LogP contribution in [0.4, 0.5) is 0 Å². The Morgan fingerprint density at radius 1 is 1.30 bits per heavy atom. The highest BCUT2D eigenvalue weighted by molar-refractivity contribution is 4.68. The van der Waals surface area contributed by atoms with Crippen molar-refractivity contribution in [1.82, 2.24) is 0 Å². The molecule has 10 heavy (non-hydrogen) atoms. The lowest BCUT2D eigenvalue weighted by Gasteiger charge is -2.31. The SMILES string of the molecule is CO[C@H]1C[C@@H](C)[C@H](C)CO1. The van der Waals surface area contributed by atoms with Gasteiger partial charge in [0.25, 0.3) is 0 Å². The van der Waals surface area contributed by atoms with Gasteiger partial charge in [0.15, 0.2) is 6.29 Å². The fourth-order valence-corrected chi connectivity index (χ4v) is 1.19. The Hall–Kier alpha value is -0.0800. The minimum Gasteiger partial charge on any atom is -0.356 e. The second-order valence-corrected chi connectivity index (χ2v) is 3.19. The molecule has 1 fully saturated rings. The summed E-state index contributed by atoms with van der Waals surface area (Å²) in [5, 5.41) is 0. The van der Waals surface area contributed by atoms with Crippen molar-refractivity contribution < 1.29 is 9.47 Å². The van der Waals surface area contributed by atoms with Crippen LogP contribution in [0.25, 0.3) is 0 Å². The Balaban J connectivity index is 2.33. The molecule has 1 saturated heterocycles. The Labute approximate surface area is 62.5 Å². The average molecular weight is 144 g/mol. The summed E-state index contributed by atoms with van der Waals surface area (Å²) in [5.74, 6) is 1.42. The zero-order valence-electron chi connectivity index (χ0n) is 6.96. The Morgan fingerprint density at radius 3 is 2.50 bits per heavy atom. The number of hydrogen-bond acceptors (Lipinski definition) is 2. The summed E-state index contributed by atoms with van der Waals surface area (Å²) in [4.78, 5) is 0. The molecule has 0 aromatic carbocycles. The maximum atomic E-state index is 5.39. The lowest BCUT2D eigenvalue weighted by molar-refractivity contribution is -0.171. The first-order valence-electron chi connectivity index (χ1n) is 3.88. The van der Waals surface area contributed by atoms with Crippen molar-refractivity contribution in [2.45, 2.75) is 26.6 Å². The summed E-state index contributed by atoms with van der Waals surface area (Å²) in [6.45, 7) is 5.31. The first kappa shape index (κ1) is 8.02. The summed E-state index contributed by atoms with van der Waals surface area (Å²) in [7, 11) is 1.70. The molecule has 2 heteroatoms. The van der Waals surface area contributed by atoms with Crippen LogP contribution in [-0.4, -0.2) is 20.0 Å². The molecule has 2 nitrogen and oxygen atoms in total. The summed E-state index contributed by atoms with van der Waals surface area (Å²) in [6.07, 6.45) is 1.09. The highest BCUT2D eigenvalue weighted by Gasteiger charge is 2.24. The van der Waals surface area contributed by atoms with E-state index in [0.29, 0.717) is 5.92 Å². The van der Waals surface area contributed by atoms with Gasteiger partial charge in [-0.15, -0.1) is 0 Å². The first-order valence-corrected chi connectivity index (χ1v) is 3.88. The van der Waals surface area contributed by atoms with Crippen molar-refractivity contribution in [2.75, 3.05) is 13.7 Å². The van der Waals surface area contributed by atoms with Gasteiger partial charge in [-0.1, -0.05) is 13.8 Å². The molecule has 0 unspecified atom stereocenters. The van der Waals surface area contributed by atoms with Gasteiger partial charge < -0.3 is 9.47 Å². The fourth-order valence-electron chi connectivity index (χ4n) is 1.19. The molecule has 1 heterocycles. The Morgan fingerprint density at radius 2 is 2.00 bits per heavy atom. The molecule has 3 atom stereocenters. The smallest absolute Gasteiger partial charge is 0.157 e. The van der Waals surface area contributed by atoms with Gasteiger partial charge in [0, 0.05) is 13.5 Å². The highest BCUT2D eigenvalue weighted by atomic mass is 16.7. The molecule has 0 N–H and O–H groups in total. The molecule has 0 saturated carbocycles. The summed E-state index contributed by atoms with van der Waals surface area (Å²) in [5.41, 5.74) is 0. The van der Waals surface area contributed by atoms with E-state index >= 15 is 0 Å². The maximum absolute atomic E-state index is 5.39. The first-order chi connectivity index (χ1) is 4.74. The van der Waals surface area contributed by atoms with Crippen LogP contribution in [0, 0.1) is 11.8 Å². The lowest BCUT2D eigenvalue weighted by atomic mass is 9.91. The summed E-state index contributed by atoms with van der Waals surface area (Å²) < 4.78 is 10.5. The van der Waals surface area contributed by atoms with Gasteiger partial charge in [-0.25, -0.2) is 0 Å². The van der Waals surface area contributed by atoms with E-state index in [9.17, 15) is 0 Å². The summed E-state index contributed by atoms with van der Waals surface area (Å²) >= 11 is 0. The maximum Gasteiger partial charge on any atom is 0.157 e. The van der Waals surface area contributed by atoms with Gasteiger partial charge in [-0.3, -0.25) is 0 Å². The van der Waals surface area contributed by atoms with E-state index in [2.05, 4.69) is 13.8 Å². The largest absolute Gasteiger partial charge is 0.356 e. The van der Waals surface area contributed by atoms with E-state index in [4.69, 9.17) is 9.47 Å². The third-order valence-corrected chi connectivity index (χ3v) is 2.34. The molecule has 0 aromatic heterocycles. The van der Waals surface area contributed by atoms with Gasteiger partial charge in [0.1, 0.15) is 0 Å². The molecule has 1 aliphatic rings. The quantitative estimate of drug-likeness (QED) is 0.557. The lowest BCUT2D eigenvalue weighted by Crippen LogP contribution is -2.31. The zero-order valence-corrected chi connectivity index (χ0v) is 6.96. The molecule has 0 bridgehead atoms. The van der Waals surface area contributed by atoms with Crippen LogP contribution in [0.5, 0.6) is 0 Å². The third-order valence-electron chi connectivity index (χ3n) is 2.34. The minimum absolute atomic E-state index is 0.0474. The normalized spacial score (nSPS) is 41.7. The van der Waals surface area contributed by atoms with Crippen LogP contribution < -0.4 is 0 Å². The van der Waals surface area contributed by atoms with Crippen LogP contribution in [-0.2, 0) is 9.47 Å². The topological polar surface area (TPSA) is 18.5 Å². The van der Waals surface area contributed by atoms with Crippen LogP contribution in [0.1, 0.15) is 20.3 Å². The molecule has 0 amide bonds. The minimum atomic E-state index is 0.0474. The van der Waals surface area contributed by atoms with Crippen molar-refractivity contribution in [3.05, 3.63) is 0 Å². The monoisotopic (exact) mass is 144 g/mol. The van der Waals surface area contributed by atoms with Crippen molar-refractivity contribution in [3.63, 3.8) is 0 Å².